The molecule has 19 heavy (non-hydrogen) atoms. The average molecular weight is 283 g/mol. The van der Waals surface area contributed by atoms with Gasteiger partial charge in [-0.05, 0) is 25.8 Å². The van der Waals surface area contributed by atoms with Crippen LogP contribution in [0.5, 0.6) is 0 Å². The minimum Gasteiger partial charge on any atom is -0.394 e. The number of nitrogens with one attached hydrogen (secondary N) is 1. The molecule has 0 aromatic carbocycles. The summed E-state index contributed by atoms with van der Waals surface area (Å²) in [5.74, 6) is 0. The van der Waals surface area contributed by atoms with E-state index < -0.39 is 0 Å². The molecule has 0 aliphatic carbocycles. The summed E-state index contributed by atoms with van der Waals surface area (Å²) in [5, 5.41) is 14.1. The van der Waals surface area contributed by atoms with Crippen LogP contribution in [0.1, 0.15) is 39.7 Å². The highest BCUT2D eigenvalue weighted by atomic mass is 32.2. The van der Waals surface area contributed by atoms with Crippen molar-refractivity contribution in [2.75, 3.05) is 6.61 Å². The number of thioether (sulfide) groups is 1. The summed E-state index contributed by atoms with van der Waals surface area (Å²) in [6, 6.07) is 0.352. The highest BCUT2D eigenvalue weighted by molar-refractivity contribution is 7.99. The van der Waals surface area contributed by atoms with Crippen LogP contribution in [0.4, 0.5) is 0 Å². The van der Waals surface area contributed by atoms with Crippen LogP contribution >= 0.6 is 11.8 Å². The Hall–Kier alpha value is -0.650. The Kier molecular flexibility index (Phi) is 6.23. The zero-order chi connectivity index (χ0) is 14.5. The topological polar surface area (TPSA) is 58.0 Å². The largest absolute Gasteiger partial charge is 0.394 e. The van der Waals surface area contributed by atoms with Crippen LogP contribution in [0, 0.1) is 6.92 Å². The van der Waals surface area contributed by atoms with E-state index in [0.29, 0.717) is 11.3 Å². The zero-order valence-electron chi connectivity index (χ0n) is 12.5. The molecule has 2 N–H and O–H groups in total. The van der Waals surface area contributed by atoms with Gasteiger partial charge in [0.2, 0.25) is 0 Å². The van der Waals surface area contributed by atoms with Gasteiger partial charge >= 0.3 is 0 Å². The molecule has 0 saturated carbocycles. The number of aliphatic hydroxyl groups is 1. The Morgan fingerprint density at radius 1 is 1.32 bits per heavy atom. The molecule has 5 heteroatoms. The number of aryl methyl sites for hydroxylation is 1. The van der Waals surface area contributed by atoms with Crippen molar-refractivity contribution in [1.82, 2.24) is 15.3 Å². The minimum absolute atomic E-state index is 0.130. The molecule has 4 nitrogen and oxygen atoms in total. The summed E-state index contributed by atoms with van der Waals surface area (Å²) in [7, 11) is 0. The Balaban J connectivity index is 2.57. The van der Waals surface area contributed by atoms with Gasteiger partial charge in [0.1, 0.15) is 0 Å². The smallest absolute Gasteiger partial charge is 0.187 e. The summed E-state index contributed by atoms with van der Waals surface area (Å²) in [6.45, 7) is 10.5. The summed E-state index contributed by atoms with van der Waals surface area (Å²) in [6.07, 6.45) is 4.53. The van der Waals surface area contributed by atoms with Gasteiger partial charge in [-0.2, -0.15) is 0 Å². The maximum atomic E-state index is 9.58. The molecule has 2 atom stereocenters. The van der Waals surface area contributed by atoms with Crippen molar-refractivity contribution in [3.05, 3.63) is 18.0 Å². The summed E-state index contributed by atoms with van der Waals surface area (Å²) in [4.78, 5) is 8.61. The lowest BCUT2D eigenvalue weighted by Gasteiger charge is -2.33. The number of aliphatic hydroxyl groups excluding tert-OH is 1. The normalized spacial score (nSPS) is 16.4. The van der Waals surface area contributed by atoms with Crippen molar-refractivity contribution in [2.24, 2.45) is 0 Å². The van der Waals surface area contributed by atoms with Crippen molar-refractivity contribution >= 4 is 11.8 Å². The quantitative estimate of drug-likeness (QED) is 0.594. The Labute approximate surface area is 120 Å². The zero-order valence-corrected chi connectivity index (χ0v) is 13.3. The van der Waals surface area contributed by atoms with E-state index in [4.69, 9.17) is 0 Å². The van der Waals surface area contributed by atoms with E-state index >= 15 is 0 Å². The SMILES string of the molecule is Cc1cnc(SC(C)CC(C)(CO)NC(C)C)nc1. The van der Waals surface area contributed by atoms with E-state index in [1.165, 1.54) is 0 Å². The fourth-order valence-corrected chi connectivity index (χ4v) is 3.20. The predicted molar refractivity (Wildman–Crippen MR) is 80.5 cm³/mol. The van der Waals surface area contributed by atoms with Crippen LogP contribution in [-0.4, -0.2) is 38.5 Å². The number of rotatable bonds is 7. The van der Waals surface area contributed by atoms with Gasteiger partial charge in [0.05, 0.1) is 6.61 Å². The summed E-state index contributed by atoms with van der Waals surface area (Å²) < 4.78 is 0. The lowest BCUT2D eigenvalue weighted by Crippen LogP contribution is -2.50. The predicted octanol–water partition coefficient (Wildman–Crippen LogP) is 2.40. The Morgan fingerprint density at radius 3 is 2.37 bits per heavy atom. The summed E-state index contributed by atoms with van der Waals surface area (Å²) >= 11 is 1.65. The fourth-order valence-electron chi connectivity index (χ4n) is 2.16. The molecule has 1 heterocycles. The number of aromatic nitrogens is 2. The minimum atomic E-state index is -0.259. The van der Waals surface area contributed by atoms with Crippen LogP contribution in [0.3, 0.4) is 0 Å². The van der Waals surface area contributed by atoms with Crippen LogP contribution in [0.25, 0.3) is 0 Å². The van der Waals surface area contributed by atoms with Crippen LogP contribution in [0.2, 0.25) is 0 Å². The van der Waals surface area contributed by atoms with Crippen molar-refractivity contribution in [2.45, 2.75) is 63.0 Å². The van der Waals surface area contributed by atoms with Gasteiger partial charge in [-0.25, -0.2) is 9.97 Å². The summed E-state index contributed by atoms with van der Waals surface area (Å²) in [5.41, 5.74) is 0.810. The van der Waals surface area contributed by atoms with E-state index in [-0.39, 0.29) is 12.1 Å². The fraction of sp³-hybridized carbons (Fsp3) is 0.714. The first-order valence-corrected chi connectivity index (χ1v) is 7.56. The van der Waals surface area contributed by atoms with Crippen LogP contribution in [0.15, 0.2) is 17.6 Å². The van der Waals surface area contributed by atoms with Gasteiger partial charge in [0.15, 0.2) is 5.16 Å². The molecule has 2 unspecified atom stereocenters. The van der Waals surface area contributed by atoms with Gasteiger partial charge < -0.3 is 10.4 Å². The molecule has 108 valence electrons. The molecule has 0 fully saturated rings. The van der Waals surface area contributed by atoms with Crippen molar-refractivity contribution in [1.29, 1.82) is 0 Å². The number of hydrogen-bond donors (Lipinski definition) is 2. The van der Waals surface area contributed by atoms with E-state index in [1.807, 2.05) is 19.3 Å². The lowest BCUT2D eigenvalue weighted by atomic mass is 9.96. The van der Waals surface area contributed by atoms with E-state index in [0.717, 1.165) is 17.1 Å². The highest BCUT2D eigenvalue weighted by Crippen LogP contribution is 2.26. The maximum Gasteiger partial charge on any atom is 0.187 e. The average Bonchev–Trinajstić information content (AvgIpc) is 2.31. The van der Waals surface area contributed by atoms with Crippen molar-refractivity contribution in [3.8, 4) is 0 Å². The monoisotopic (exact) mass is 283 g/mol. The second kappa shape index (κ2) is 7.22. The first-order valence-electron chi connectivity index (χ1n) is 6.68. The van der Waals surface area contributed by atoms with Gasteiger partial charge in [0, 0.05) is 29.2 Å². The molecule has 1 rings (SSSR count). The van der Waals surface area contributed by atoms with Gasteiger partial charge in [-0.3, -0.25) is 0 Å². The van der Waals surface area contributed by atoms with E-state index in [2.05, 4.69) is 43.0 Å². The van der Waals surface area contributed by atoms with E-state index in [1.54, 1.807) is 11.8 Å². The molecule has 1 aromatic heterocycles. The van der Waals surface area contributed by atoms with Gasteiger partial charge in [-0.15, -0.1) is 0 Å². The standard InChI is InChI=1S/C14H25N3OS/c1-10(2)17-14(5,9-18)6-12(4)19-13-15-7-11(3)8-16-13/h7-8,10,12,17-18H,6,9H2,1-5H3. The third-order valence-electron chi connectivity index (χ3n) is 2.79. The molecular formula is C14H25N3OS. The molecule has 0 radical (unpaired) electrons. The Morgan fingerprint density at radius 2 is 1.89 bits per heavy atom. The molecule has 0 bridgehead atoms. The second-order valence-electron chi connectivity index (χ2n) is 5.69. The van der Waals surface area contributed by atoms with Gasteiger partial charge in [-0.1, -0.05) is 32.5 Å². The third-order valence-corrected chi connectivity index (χ3v) is 3.78. The third kappa shape index (κ3) is 5.89. The molecule has 0 spiro atoms. The molecule has 0 aliphatic rings. The highest BCUT2D eigenvalue weighted by Gasteiger charge is 2.27. The molecule has 0 saturated heterocycles. The Bertz CT molecular complexity index is 383. The first kappa shape index (κ1) is 16.4. The van der Waals surface area contributed by atoms with Gasteiger partial charge in [0.25, 0.3) is 0 Å². The number of nitrogens with zero attached hydrogens (tertiary/aromatic N) is 2. The van der Waals surface area contributed by atoms with E-state index in [9.17, 15) is 5.11 Å². The lowest BCUT2D eigenvalue weighted by molar-refractivity contribution is 0.157. The van der Waals surface area contributed by atoms with Crippen LogP contribution < -0.4 is 5.32 Å². The van der Waals surface area contributed by atoms with Crippen molar-refractivity contribution in [3.63, 3.8) is 0 Å². The molecular weight excluding hydrogens is 258 g/mol. The molecule has 0 amide bonds. The molecule has 0 aliphatic heterocycles. The van der Waals surface area contributed by atoms with Crippen LogP contribution in [-0.2, 0) is 0 Å². The number of hydrogen-bond acceptors (Lipinski definition) is 5. The first-order chi connectivity index (χ1) is 8.84. The van der Waals surface area contributed by atoms with Crippen molar-refractivity contribution < 1.29 is 5.11 Å². The maximum absolute atomic E-state index is 9.58. The second-order valence-corrected chi connectivity index (χ2v) is 7.10. The molecule has 1 aromatic rings.